The standard InChI is InChI=1S/C14H16N2O3S/c1-9-7-19-11(6-17)5-16(9)14(18)10-2-3-12-13(4-10)20-8-15-12/h2-4,8-9,11,17H,5-7H2,1H3. The van der Waals surface area contributed by atoms with E-state index in [2.05, 4.69) is 4.98 Å². The summed E-state index contributed by atoms with van der Waals surface area (Å²) in [6, 6.07) is 5.57. The normalized spacial score (nSPS) is 23.2. The summed E-state index contributed by atoms with van der Waals surface area (Å²) in [5.41, 5.74) is 3.35. The van der Waals surface area contributed by atoms with Crippen molar-refractivity contribution < 1.29 is 14.6 Å². The van der Waals surface area contributed by atoms with Crippen LogP contribution in [-0.4, -0.2) is 52.8 Å². The number of hydrogen-bond donors (Lipinski definition) is 1. The van der Waals surface area contributed by atoms with Crippen molar-refractivity contribution in [2.24, 2.45) is 0 Å². The number of amides is 1. The van der Waals surface area contributed by atoms with E-state index in [0.29, 0.717) is 18.7 Å². The average Bonchev–Trinajstić information content (AvgIpc) is 2.94. The summed E-state index contributed by atoms with van der Waals surface area (Å²) in [7, 11) is 0. The maximum absolute atomic E-state index is 12.6. The minimum absolute atomic E-state index is 0.0162. The molecule has 1 aliphatic rings. The second kappa shape index (κ2) is 5.47. The third kappa shape index (κ3) is 2.42. The molecule has 2 atom stereocenters. The summed E-state index contributed by atoms with van der Waals surface area (Å²) in [4.78, 5) is 18.6. The van der Waals surface area contributed by atoms with Gasteiger partial charge in [-0.15, -0.1) is 11.3 Å². The summed E-state index contributed by atoms with van der Waals surface area (Å²) in [6.07, 6.45) is -0.290. The lowest BCUT2D eigenvalue weighted by Gasteiger charge is -2.37. The monoisotopic (exact) mass is 292 g/mol. The highest BCUT2D eigenvalue weighted by Crippen LogP contribution is 2.22. The summed E-state index contributed by atoms with van der Waals surface area (Å²) in [6.45, 7) is 2.78. The van der Waals surface area contributed by atoms with Gasteiger partial charge in [-0.2, -0.15) is 0 Å². The molecule has 0 radical (unpaired) electrons. The predicted octanol–water partition coefficient (Wildman–Crippen LogP) is 1.52. The topological polar surface area (TPSA) is 62.7 Å². The molecule has 0 saturated carbocycles. The number of aromatic nitrogens is 1. The fourth-order valence-electron chi connectivity index (χ4n) is 2.36. The van der Waals surface area contributed by atoms with E-state index in [1.54, 1.807) is 16.5 Å². The second-order valence-corrected chi connectivity index (χ2v) is 5.87. The number of ether oxygens (including phenoxy) is 1. The van der Waals surface area contributed by atoms with Crippen molar-refractivity contribution in [3.05, 3.63) is 29.3 Å². The third-order valence-electron chi connectivity index (χ3n) is 3.55. The molecule has 1 saturated heterocycles. The molecule has 6 heteroatoms. The zero-order valence-corrected chi connectivity index (χ0v) is 12.0. The van der Waals surface area contributed by atoms with Gasteiger partial charge in [-0.25, -0.2) is 4.98 Å². The Bertz CT molecular complexity index is 628. The molecule has 1 N–H and O–H groups in total. The van der Waals surface area contributed by atoms with Crippen LogP contribution < -0.4 is 0 Å². The van der Waals surface area contributed by atoms with Gasteiger partial charge in [-0.1, -0.05) is 0 Å². The molecule has 0 bridgehead atoms. The minimum Gasteiger partial charge on any atom is -0.394 e. The van der Waals surface area contributed by atoms with Crippen LogP contribution in [0.1, 0.15) is 17.3 Å². The van der Waals surface area contributed by atoms with Gasteiger partial charge in [0.25, 0.3) is 5.91 Å². The molecule has 1 fully saturated rings. The van der Waals surface area contributed by atoms with Gasteiger partial charge in [0.1, 0.15) is 0 Å². The first-order valence-electron chi connectivity index (χ1n) is 6.55. The lowest BCUT2D eigenvalue weighted by Crippen LogP contribution is -2.52. The van der Waals surface area contributed by atoms with Gasteiger partial charge in [-0.05, 0) is 25.1 Å². The molecular weight excluding hydrogens is 276 g/mol. The number of carbonyl (C=O) groups excluding carboxylic acids is 1. The van der Waals surface area contributed by atoms with Crippen LogP contribution in [0.5, 0.6) is 0 Å². The number of aliphatic hydroxyl groups is 1. The van der Waals surface area contributed by atoms with Gasteiger partial charge >= 0.3 is 0 Å². The zero-order valence-electron chi connectivity index (χ0n) is 11.2. The van der Waals surface area contributed by atoms with E-state index in [0.717, 1.165) is 10.2 Å². The number of nitrogens with zero attached hydrogens (tertiary/aromatic N) is 2. The zero-order chi connectivity index (χ0) is 14.1. The van der Waals surface area contributed by atoms with Crippen LogP contribution in [0.25, 0.3) is 10.2 Å². The first kappa shape index (κ1) is 13.5. The Hall–Kier alpha value is -1.50. The smallest absolute Gasteiger partial charge is 0.254 e. The van der Waals surface area contributed by atoms with E-state index in [1.807, 2.05) is 19.1 Å². The number of fused-ring (bicyclic) bond motifs is 1. The van der Waals surface area contributed by atoms with Crippen molar-refractivity contribution in [2.75, 3.05) is 19.8 Å². The second-order valence-electron chi connectivity index (χ2n) is 4.98. The van der Waals surface area contributed by atoms with Crippen molar-refractivity contribution in [1.29, 1.82) is 0 Å². The molecule has 5 nitrogen and oxygen atoms in total. The largest absolute Gasteiger partial charge is 0.394 e. The van der Waals surface area contributed by atoms with E-state index in [4.69, 9.17) is 4.74 Å². The van der Waals surface area contributed by atoms with Crippen LogP contribution in [0, 0.1) is 0 Å². The van der Waals surface area contributed by atoms with E-state index < -0.39 is 0 Å². The molecular formula is C14H16N2O3S. The summed E-state index contributed by atoms with van der Waals surface area (Å²) < 4.78 is 6.47. The number of carbonyl (C=O) groups is 1. The van der Waals surface area contributed by atoms with Crippen LogP contribution in [0.2, 0.25) is 0 Å². The fraction of sp³-hybridized carbons (Fsp3) is 0.429. The highest BCUT2D eigenvalue weighted by Gasteiger charge is 2.29. The van der Waals surface area contributed by atoms with E-state index >= 15 is 0 Å². The molecule has 3 rings (SSSR count). The highest BCUT2D eigenvalue weighted by molar-refractivity contribution is 7.16. The maximum Gasteiger partial charge on any atom is 0.254 e. The number of benzene rings is 1. The Balaban J connectivity index is 1.86. The van der Waals surface area contributed by atoms with Crippen molar-refractivity contribution in [2.45, 2.75) is 19.1 Å². The SMILES string of the molecule is CC1COC(CO)CN1C(=O)c1ccc2ncsc2c1. The number of rotatable bonds is 2. The molecule has 20 heavy (non-hydrogen) atoms. The van der Waals surface area contributed by atoms with E-state index in [-0.39, 0.29) is 24.7 Å². The molecule has 2 aromatic rings. The van der Waals surface area contributed by atoms with Gasteiger partial charge in [0.05, 0.1) is 41.1 Å². The summed E-state index contributed by atoms with van der Waals surface area (Å²) in [5, 5.41) is 9.19. The number of hydrogen-bond acceptors (Lipinski definition) is 5. The minimum atomic E-state index is -0.290. The highest BCUT2D eigenvalue weighted by atomic mass is 32.1. The Morgan fingerprint density at radius 1 is 1.60 bits per heavy atom. The quantitative estimate of drug-likeness (QED) is 0.911. The van der Waals surface area contributed by atoms with Crippen LogP contribution in [0.15, 0.2) is 23.7 Å². The molecule has 0 spiro atoms. The van der Waals surface area contributed by atoms with Gasteiger partial charge in [0.2, 0.25) is 0 Å². The summed E-state index contributed by atoms with van der Waals surface area (Å²) >= 11 is 1.52. The molecule has 2 heterocycles. The molecule has 1 aromatic carbocycles. The number of thiazole rings is 1. The van der Waals surface area contributed by atoms with Crippen LogP contribution >= 0.6 is 11.3 Å². The number of morpholine rings is 1. The van der Waals surface area contributed by atoms with Gasteiger partial charge < -0.3 is 14.7 Å². The molecule has 106 valence electrons. The fourth-order valence-corrected chi connectivity index (χ4v) is 3.08. The van der Waals surface area contributed by atoms with E-state index in [1.165, 1.54) is 11.3 Å². The molecule has 1 aliphatic heterocycles. The molecule has 2 unspecified atom stereocenters. The lowest BCUT2D eigenvalue weighted by atomic mass is 10.1. The Labute approximate surface area is 120 Å². The third-order valence-corrected chi connectivity index (χ3v) is 4.34. The lowest BCUT2D eigenvalue weighted by molar-refractivity contribution is -0.0667. The van der Waals surface area contributed by atoms with Crippen molar-refractivity contribution in [1.82, 2.24) is 9.88 Å². The molecule has 1 aromatic heterocycles. The van der Waals surface area contributed by atoms with Crippen molar-refractivity contribution in [3.8, 4) is 0 Å². The molecule has 1 amide bonds. The summed E-state index contributed by atoms with van der Waals surface area (Å²) in [5.74, 6) is -0.0189. The van der Waals surface area contributed by atoms with Crippen molar-refractivity contribution in [3.63, 3.8) is 0 Å². The Morgan fingerprint density at radius 2 is 2.45 bits per heavy atom. The molecule has 0 aliphatic carbocycles. The predicted molar refractivity (Wildman–Crippen MR) is 76.9 cm³/mol. The van der Waals surface area contributed by atoms with Crippen LogP contribution in [-0.2, 0) is 4.74 Å². The van der Waals surface area contributed by atoms with Crippen LogP contribution in [0.3, 0.4) is 0 Å². The first-order valence-corrected chi connectivity index (χ1v) is 7.43. The maximum atomic E-state index is 12.6. The first-order chi connectivity index (χ1) is 9.69. The number of aliphatic hydroxyl groups excluding tert-OH is 1. The van der Waals surface area contributed by atoms with Crippen molar-refractivity contribution >= 4 is 27.5 Å². The van der Waals surface area contributed by atoms with Gasteiger partial charge in [0.15, 0.2) is 0 Å². The Morgan fingerprint density at radius 3 is 3.25 bits per heavy atom. The van der Waals surface area contributed by atoms with Gasteiger partial charge in [0, 0.05) is 12.1 Å². The Kier molecular flexibility index (Phi) is 3.69. The average molecular weight is 292 g/mol. The van der Waals surface area contributed by atoms with E-state index in [9.17, 15) is 9.90 Å². The van der Waals surface area contributed by atoms with Gasteiger partial charge in [-0.3, -0.25) is 4.79 Å². The van der Waals surface area contributed by atoms with Crippen LogP contribution in [0.4, 0.5) is 0 Å².